The van der Waals surface area contributed by atoms with Gasteiger partial charge in [0, 0.05) is 38.4 Å². The van der Waals surface area contributed by atoms with Gasteiger partial charge in [0.25, 0.3) is 0 Å². The fourth-order valence-electron chi connectivity index (χ4n) is 8.38. The van der Waals surface area contributed by atoms with Gasteiger partial charge in [-0.2, -0.15) is 0 Å². The highest BCUT2D eigenvalue weighted by Crippen LogP contribution is 2.39. The van der Waals surface area contributed by atoms with E-state index in [-0.39, 0.29) is 0 Å². The maximum Gasteiger partial charge on any atom is 0.160 e. The third kappa shape index (κ3) is 5.40. The first-order chi connectivity index (χ1) is 27.7. The van der Waals surface area contributed by atoms with Gasteiger partial charge in [-0.15, -0.1) is 0 Å². The zero-order valence-corrected chi connectivity index (χ0v) is 30.4. The summed E-state index contributed by atoms with van der Waals surface area (Å²) >= 11 is 0. The largest absolute Gasteiger partial charge is 0.247 e. The lowest BCUT2D eigenvalue weighted by Gasteiger charge is -2.14. The van der Waals surface area contributed by atoms with Gasteiger partial charge in [0.2, 0.25) is 0 Å². The maximum absolute atomic E-state index is 5.30. The standard InChI is InChI=1S/C53H33N3/c1-4-22-41-34(13-1)16-11-26-44(41)49-33-50(45-27-12-17-35-14-2-5-23-42(35)45)56-53(55-49)40-21-10-19-38(32-40)37-18-9-20-39(31-37)52-47-30-29-36-15-3-6-24-43(36)51(47)46-25-7-8-28-48(46)54-52/h1-33H. The SMILES string of the molecule is c1cc(-c2cccc(-c3nc4ccccc4c4c3ccc3ccccc34)c2)cc(-c2nc(-c3cccc4ccccc34)cc(-c3cccc4ccccc34)n2)c1. The second-order valence-corrected chi connectivity index (χ2v) is 14.4. The van der Waals surface area contributed by atoms with Crippen LogP contribution in [-0.4, -0.2) is 15.0 Å². The van der Waals surface area contributed by atoms with Crippen molar-refractivity contribution in [3.8, 4) is 56.3 Å². The molecule has 2 heterocycles. The number of hydrogen-bond donors (Lipinski definition) is 0. The molecule has 2 aromatic heterocycles. The van der Waals surface area contributed by atoms with Crippen LogP contribution < -0.4 is 0 Å². The van der Waals surface area contributed by atoms with Crippen LogP contribution in [0.4, 0.5) is 0 Å². The van der Waals surface area contributed by atoms with Gasteiger partial charge >= 0.3 is 0 Å². The molecule has 0 aliphatic rings. The van der Waals surface area contributed by atoms with Crippen LogP contribution >= 0.6 is 0 Å². The molecule has 0 saturated heterocycles. The summed E-state index contributed by atoms with van der Waals surface area (Å²) in [6, 6.07) is 70.9. The van der Waals surface area contributed by atoms with Gasteiger partial charge in [-0.3, -0.25) is 0 Å². The highest BCUT2D eigenvalue weighted by Gasteiger charge is 2.17. The number of fused-ring (bicyclic) bond motifs is 7. The van der Waals surface area contributed by atoms with Crippen molar-refractivity contribution in [2.24, 2.45) is 0 Å². The Kier molecular flexibility index (Phi) is 7.49. The Morgan fingerprint density at radius 2 is 0.768 bits per heavy atom. The lowest BCUT2D eigenvalue weighted by molar-refractivity contribution is 1.19. The summed E-state index contributed by atoms with van der Waals surface area (Å²) in [6.07, 6.45) is 0. The Balaban J connectivity index is 1.07. The quantitative estimate of drug-likeness (QED) is 0.167. The van der Waals surface area contributed by atoms with Crippen LogP contribution in [0, 0.1) is 0 Å². The van der Waals surface area contributed by atoms with Gasteiger partial charge in [0.1, 0.15) is 0 Å². The van der Waals surface area contributed by atoms with E-state index >= 15 is 0 Å². The summed E-state index contributed by atoms with van der Waals surface area (Å²) in [5, 5.41) is 10.7. The number of benzene rings is 9. The Morgan fingerprint density at radius 1 is 0.286 bits per heavy atom. The molecule has 0 fully saturated rings. The normalized spacial score (nSPS) is 11.6. The molecule has 11 rings (SSSR count). The molecular formula is C53H33N3. The molecule has 0 unspecified atom stereocenters. The van der Waals surface area contributed by atoms with Gasteiger partial charge in [-0.1, -0.05) is 176 Å². The molecule has 3 heteroatoms. The molecule has 0 atom stereocenters. The van der Waals surface area contributed by atoms with Crippen molar-refractivity contribution >= 4 is 54.0 Å². The molecule has 0 aliphatic heterocycles. The molecule has 0 amide bonds. The Hall–Kier alpha value is -7.49. The minimum absolute atomic E-state index is 0.686. The smallest absolute Gasteiger partial charge is 0.160 e. The second kappa shape index (κ2) is 13.1. The van der Waals surface area contributed by atoms with Crippen molar-refractivity contribution in [1.29, 1.82) is 0 Å². The van der Waals surface area contributed by atoms with E-state index in [2.05, 4.69) is 200 Å². The summed E-state index contributed by atoms with van der Waals surface area (Å²) in [7, 11) is 0. The second-order valence-electron chi connectivity index (χ2n) is 14.4. The summed E-state index contributed by atoms with van der Waals surface area (Å²) in [5.41, 5.74) is 10.1. The number of hydrogen-bond acceptors (Lipinski definition) is 3. The monoisotopic (exact) mass is 711 g/mol. The minimum Gasteiger partial charge on any atom is -0.247 e. The van der Waals surface area contributed by atoms with Gasteiger partial charge in [0.15, 0.2) is 5.82 Å². The topological polar surface area (TPSA) is 38.7 Å². The summed E-state index contributed by atoms with van der Waals surface area (Å²) < 4.78 is 0. The lowest BCUT2D eigenvalue weighted by Crippen LogP contribution is -1.97. The van der Waals surface area contributed by atoms with Gasteiger partial charge < -0.3 is 0 Å². The fourth-order valence-corrected chi connectivity index (χ4v) is 8.38. The van der Waals surface area contributed by atoms with Crippen molar-refractivity contribution in [2.75, 3.05) is 0 Å². The molecule has 3 nitrogen and oxygen atoms in total. The third-order valence-electron chi connectivity index (χ3n) is 11.0. The molecular weight excluding hydrogens is 679 g/mol. The van der Waals surface area contributed by atoms with Gasteiger partial charge in [0.05, 0.1) is 22.6 Å². The van der Waals surface area contributed by atoms with Crippen LogP contribution in [0.2, 0.25) is 0 Å². The van der Waals surface area contributed by atoms with Crippen molar-refractivity contribution < 1.29 is 0 Å². The summed E-state index contributed by atoms with van der Waals surface area (Å²) in [4.78, 5) is 15.9. The molecule has 9 aromatic carbocycles. The number of pyridine rings is 1. The Labute approximate surface area is 324 Å². The predicted octanol–water partition coefficient (Wildman–Crippen LogP) is 14.0. The van der Waals surface area contributed by atoms with Crippen LogP contribution in [0.15, 0.2) is 200 Å². The lowest BCUT2D eigenvalue weighted by atomic mass is 9.94. The van der Waals surface area contributed by atoms with Gasteiger partial charge in [-0.25, -0.2) is 15.0 Å². The van der Waals surface area contributed by atoms with Crippen LogP contribution in [0.3, 0.4) is 0 Å². The van der Waals surface area contributed by atoms with E-state index in [1.54, 1.807) is 0 Å². The number of aromatic nitrogens is 3. The molecule has 0 N–H and O–H groups in total. The van der Waals surface area contributed by atoms with Crippen molar-refractivity contribution in [1.82, 2.24) is 15.0 Å². The molecule has 0 aliphatic carbocycles. The highest BCUT2D eigenvalue weighted by atomic mass is 14.9. The first kappa shape index (κ1) is 32.0. The molecule has 11 aromatic rings. The van der Waals surface area contributed by atoms with Crippen molar-refractivity contribution in [3.63, 3.8) is 0 Å². The van der Waals surface area contributed by atoms with E-state index in [1.807, 2.05) is 0 Å². The minimum atomic E-state index is 0.686. The predicted molar refractivity (Wildman–Crippen MR) is 235 cm³/mol. The van der Waals surface area contributed by atoms with E-state index in [9.17, 15) is 0 Å². The van der Waals surface area contributed by atoms with E-state index in [1.165, 1.54) is 32.3 Å². The Bertz CT molecular complexity index is 3200. The molecule has 260 valence electrons. The van der Waals surface area contributed by atoms with E-state index in [0.717, 1.165) is 72.1 Å². The fraction of sp³-hybridized carbons (Fsp3) is 0. The molecule has 0 spiro atoms. The highest BCUT2D eigenvalue weighted by molar-refractivity contribution is 6.22. The summed E-state index contributed by atoms with van der Waals surface area (Å²) in [5.74, 6) is 0.686. The van der Waals surface area contributed by atoms with Crippen molar-refractivity contribution in [3.05, 3.63) is 200 Å². The van der Waals surface area contributed by atoms with E-state index in [0.29, 0.717) is 5.82 Å². The average Bonchev–Trinajstić information content (AvgIpc) is 3.28. The molecule has 56 heavy (non-hydrogen) atoms. The van der Waals surface area contributed by atoms with Crippen LogP contribution in [0.1, 0.15) is 0 Å². The first-order valence-electron chi connectivity index (χ1n) is 19.0. The van der Waals surface area contributed by atoms with E-state index < -0.39 is 0 Å². The number of para-hydroxylation sites is 1. The number of nitrogens with zero attached hydrogens (tertiary/aromatic N) is 3. The zero-order valence-electron chi connectivity index (χ0n) is 30.4. The third-order valence-corrected chi connectivity index (χ3v) is 11.0. The molecule has 0 radical (unpaired) electrons. The zero-order chi connectivity index (χ0) is 37.0. The number of rotatable bonds is 5. The van der Waals surface area contributed by atoms with Crippen molar-refractivity contribution in [2.45, 2.75) is 0 Å². The molecule has 0 saturated carbocycles. The first-order valence-corrected chi connectivity index (χ1v) is 19.0. The Morgan fingerprint density at radius 3 is 1.43 bits per heavy atom. The van der Waals surface area contributed by atoms with E-state index in [4.69, 9.17) is 15.0 Å². The summed E-state index contributed by atoms with van der Waals surface area (Å²) in [6.45, 7) is 0. The van der Waals surface area contributed by atoms with Crippen LogP contribution in [0.5, 0.6) is 0 Å². The van der Waals surface area contributed by atoms with Gasteiger partial charge in [-0.05, 0) is 67.7 Å². The average molecular weight is 712 g/mol. The molecule has 0 bridgehead atoms. The van der Waals surface area contributed by atoms with Crippen LogP contribution in [-0.2, 0) is 0 Å². The maximum atomic E-state index is 5.30. The van der Waals surface area contributed by atoms with Crippen LogP contribution in [0.25, 0.3) is 110 Å².